The molecule has 1 fully saturated rings. The maximum atomic E-state index is 12.7. The standard InChI is InChI=1S/C18H30N4O7/c1-9(2)14(19)16(26)20-10(3)17(27)22-8-4-5-12(22)15(25)21-11(18(28)29)6-7-13(23)24/h9-12,14H,4-8,19H2,1-3H3,(H,20,26)(H,21,25)(H,23,24)(H,28,29). The maximum Gasteiger partial charge on any atom is 0.326 e. The highest BCUT2D eigenvalue weighted by atomic mass is 16.4. The largest absolute Gasteiger partial charge is 0.481 e. The summed E-state index contributed by atoms with van der Waals surface area (Å²) in [7, 11) is 0. The first kappa shape index (κ1) is 24.3. The third kappa shape index (κ3) is 7.00. The van der Waals surface area contributed by atoms with E-state index in [2.05, 4.69) is 10.6 Å². The fourth-order valence-corrected chi connectivity index (χ4v) is 3.02. The Labute approximate surface area is 169 Å². The molecular formula is C18H30N4O7. The molecule has 1 aliphatic heterocycles. The van der Waals surface area contributed by atoms with Crippen molar-refractivity contribution < 1.29 is 34.2 Å². The summed E-state index contributed by atoms with van der Waals surface area (Å²) in [5.74, 6) is -4.23. The number of carboxylic acid groups (broad SMARTS) is 2. The van der Waals surface area contributed by atoms with Gasteiger partial charge in [0.05, 0.1) is 6.04 Å². The number of nitrogens with zero attached hydrogens (tertiary/aromatic N) is 1. The van der Waals surface area contributed by atoms with Gasteiger partial charge in [0, 0.05) is 13.0 Å². The van der Waals surface area contributed by atoms with E-state index < -0.39 is 60.2 Å². The van der Waals surface area contributed by atoms with Crippen molar-refractivity contribution in [1.29, 1.82) is 0 Å². The van der Waals surface area contributed by atoms with Gasteiger partial charge in [0.25, 0.3) is 0 Å². The molecule has 0 spiro atoms. The molecule has 11 heteroatoms. The molecule has 1 rings (SSSR count). The Morgan fingerprint density at radius 2 is 1.72 bits per heavy atom. The summed E-state index contributed by atoms with van der Waals surface area (Å²) in [5, 5.41) is 22.7. The van der Waals surface area contributed by atoms with Gasteiger partial charge in [-0.25, -0.2) is 4.79 Å². The summed E-state index contributed by atoms with van der Waals surface area (Å²) in [5.41, 5.74) is 5.77. The molecule has 4 unspecified atom stereocenters. The van der Waals surface area contributed by atoms with Gasteiger partial charge >= 0.3 is 11.9 Å². The number of hydrogen-bond donors (Lipinski definition) is 5. The number of nitrogens with two attached hydrogens (primary N) is 1. The van der Waals surface area contributed by atoms with E-state index in [4.69, 9.17) is 10.8 Å². The number of nitrogens with one attached hydrogen (secondary N) is 2. The predicted octanol–water partition coefficient (Wildman–Crippen LogP) is -1.10. The average molecular weight is 414 g/mol. The topological polar surface area (TPSA) is 179 Å². The van der Waals surface area contributed by atoms with Crippen LogP contribution in [0.2, 0.25) is 0 Å². The van der Waals surface area contributed by atoms with Crippen molar-refractivity contribution >= 4 is 29.7 Å². The zero-order valence-corrected chi connectivity index (χ0v) is 16.9. The lowest BCUT2D eigenvalue weighted by Crippen LogP contribution is -2.56. The first-order valence-electron chi connectivity index (χ1n) is 9.57. The van der Waals surface area contributed by atoms with Crippen LogP contribution in [0, 0.1) is 5.92 Å². The third-order valence-corrected chi connectivity index (χ3v) is 4.85. The Morgan fingerprint density at radius 3 is 2.24 bits per heavy atom. The molecule has 6 N–H and O–H groups in total. The second-order valence-corrected chi connectivity index (χ2v) is 7.52. The van der Waals surface area contributed by atoms with E-state index >= 15 is 0 Å². The highest BCUT2D eigenvalue weighted by Gasteiger charge is 2.38. The number of hydrogen-bond acceptors (Lipinski definition) is 6. The molecule has 0 radical (unpaired) electrons. The van der Waals surface area contributed by atoms with Crippen molar-refractivity contribution in [3.8, 4) is 0 Å². The highest BCUT2D eigenvalue weighted by molar-refractivity contribution is 5.94. The number of amides is 3. The summed E-state index contributed by atoms with van der Waals surface area (Å²) in [6.45, 7) is 5.34. The number of likely N-dealkylation sites (tertiary alicyclic amines) is 1. The van der Waals surface area contributed by atoms with E-state index in [1.165, 1.54) is 11.8 Å². The first-order chi connectivity index (χ1) is 13.5. The zero-order valence-electron chi connectivity index (χ0n) is 16.9. The normalized spacial score (nSPS) is 19.3. The van der Waals surface area contributed by atoms with Crippen molar-refractivity contribution in [3.63, 3.8) is 0 Å². The average Bonchev–Trinajstić information content (AvgIpc) is 3.12. The molecule has 29 heavy (non-hydrogen) atoms. The molecule has 0 bridgehead atoms. The Bertz CT molecular complexity index is 652. The van der Waals surface area contributed by atoms with Gasteiger partial charge in [0.2, 0.25) is 17.7 Å². The zero-order chi connectivity index (χ0) is 22.3. The predicted molar refractivity (Wildman–Crippen MR) is 102 cm³/mol. The SMILES string of the molecule is CC(NC(=O)C(N)C(C)C)C(=O)N1CCCC1C(=O)NC(CCC(=O)O)C(=O)O. The van der Waals surface area contributed by atoms with Gasteiger partial charge in [-0.2, -0.15) is 0 Å². The Balaban J connectivity index is 2.76. The summed E-state index contributed by atoms with van der Waals surface area (Å²) in [4.78, 5) is 60.6. The molecule has 164 valence electrons. The van der Waals surface area contributed by atoms with Gasteiger partial charge in [-0.15, -0.1) is 0 Å². The van der Waals surface area contributed by atoms with Gasteiger partial charge in [-0.3, -0.25) is 19.2 Å². The van der Waals surface area contributed by atoms with Gasteiger partial charge in [0.1, 0.15) is 18.1 Å². The van der Waals surface area contributed by atoms with E-state index in [-0.39, 0.29) is 12.3 Å². The van der Waals surface area contributed by atoms with Crippen LogP contribution >= 0.6 is 0 Å². The van der Waals surface area contributed by atoms with E-state index in [1.807, 2.05) is 0 Å². The summed E-state index contributed by atoms with van der Waals surface area (Å²) >= 11 is 0. The minimum Gasteiger partial charge on any atom is -0.481 e. The molecule has 0 saturated carbocycles. The second-order valence-electron chi connectivity index (χ2n) is 7.52. The van der Waals surface area contributed by atoms with Gasteiger partial charge in [-0.05, 0) is 32.1 Å². The van der Waals surface area contributed by atoms with Crippen LogP contribution in [0.15, 0.2) is 0 Å². The minimum absolute atomic E-state index is 0.110. The number of carbonyl (C=O) groups excluding carboxylic acids is 3. The fraction of sp³-hybridized carbons (Fsp3) is 0.722. The van der Waals surface area contributed by atoms with Gasteiger partial charge < -0.3 is 31.5 Å². The molecule has 0 aromatic rings. The first-order valence-corrected chi connectivity index (χ1v) is 9.57. The van der Waals surface area contributed by atoms with Crippen LogP contribution < -0.4 is 16.4 Å². The molecule has 0 aliphatic carbocycles. The molecule has 3 amide bonds. The fourth-order valence-electron chi connectivity index (χ4n) is 3.02. The van der Waals surface area contributed by atoms with Crippen molar-refractivity contribution in [1.82, 2.24) is 15.5 Å². The monoisotopic (exact) mass is 414 g/mol. The maximum absolute atomic E-state index is 12.7. The molecule has 11 nitrogen and oxygen atoms in total. The Hall–Kier alpha value is -2.69. The van der Waals surface area contributed by atoms with Crippen LogP contribution in [0.1, 0.15) is 46.5 Å². The van der Waals surface area contributed by atoms with Crippen LogP contribution in [0.5, 0.6) is 0 Å². The highest BCUT2D eigenvalue weighted by Crippen LogP contribution is 2.19. The summed E-state index contributed by atoms with van der Waals surface area (Å²) < 4.78 is 0. The van der Waals surface area contributed by atoms with E-state index in [1.54, 1.807) is 13.8 Å². The van der Waals surface area contributed by atoms with Crippen molar-refractivity contribution in [2.45, 2.75) is 70.6 Å². The van der Waals surface area contributed by atoms with Gasteiger partial charge in [0.15, 0.2) is 0 Å². The van der Waals surface area contributed by atoms with Crippen LogP contribution in [0.25, 0.3) is 0 Å². The van der Waals surface area contributed by atoms with Gasteiger partial charge in [-0.1, -0.05) is 13.8 Å². The second kappa shape index (κ2) is 10.7. The van der Waals surface area contributed by atoms with Crippen molar-refractivity contribution in [2.24, 2.45) is 11.7 Å². The van der Waals surface area contributed by atoms with Crippen molar-refractivity contribution in [3.05, 3.63) is 0 Å². The molecule has 1 aliphatic rings. The lowest BCUT2D eigenvalue weighted by Gasteiger charge is -2.28. The number of carboxylic acids is 2. The van der Waals surface area contributed by atoms with E-state index in [0.29, 0.717) is 19.4 Å². The molecule has 1 heterocycles. The Morgan fingerprint density at radius 1 is 1.10 bits per heavy atom. The van der Waals surface area contributed by atoms with Crippen LogP contribution in [-0.2, 0) is 24.0 Å². The molecular weight excluding hydrogens is 384 g/mol. The molecule has 4 atom stereocenters. The summed E-state index contributed by atoms with van der Waals surface area (Å²) in [6.07, 6.45) is 0.207. The van der Waals surface area contributed by atoms with Crippen LogP contribution in [0.3, 0.4) is 0 Å². The lowest BCUT2D eigenvalue weighted by atomic mass is 10.0. The van der Waals surface area contributed by atoms with E-state index in [0.717, 1.165) is 0 Å². The number of carbonyl (C=O) groups is 5. The van der Waals surface area contributed by atoms with Crippen LogP contribution in [-0.4, -0.2) is 75.5 Å². The molecule has 0 aromatic heterocycles. The molecule has 0 aromatic carbocycles. The lowest BCUT2D eigenvalue weighted by molar-refractivity contribution is -0.145. The molecule has 1 saturated heterocycles. The summed E-state index contributed by atoms with van der Waals surface area (Å²) in [6, 6.07) is -3.92. The quantitative estimate of drug-likeness (QED) is 0.299. The number of aliphatic carboxylic acids is 2. The minimum atomic E-state index is -1.36. The van der Waals surface area contributed by atoms with Crippen molar-refractivity contribution in [2.75, 3.05) is 6.54 Å². The smallest absolute Gasteiger partial charge is 0.326 e. The Kier molecular flexibility index (Phi) is 9.02. The third-order valence-electron chi connectivity index (χ3n) is 4.85. The van der Waals surface area contributed by atoms with Crippen LogP contribution in [0.4, 0.5) is 0 Å². The van der Waals surface area contributed by atoms with E-state index in [9.17, 15) is 29.1 Å². The number of rotatable bonds is 10.